The van der Waals surface area contributed by atoms with Gasteiger partial charge in [0.05, 0.1) is 19.7 Å². The summed E-state index contributed by atoms with van der Waals surface area (Å²) in [7, 11) is 0. The quantitative estimate of drug-likeness (QED) is 0.371. The van der Waals surface area contributed by atoms with Crippen LogP contribution in [0.15, 0.2) is 4.99 Å². The van der Waals surface area contributed by atoms with Crippen LogP contribution in [0.3, 0.4) is 0 Å². The van der Waals surface area contributed by atoms with Crippen LogP contribution in [-0.2, 0) is 0 Å². The zero-order valence-corrected chi connectivity index (χ0v) is 15.2. The molecule has 130 valence electrons. The summed E-state index contributed by atoms with van der Waals surface area (Å²) in [5.41, 5.74) is 0. The predicted octanol–water partition coefficient (Wildman–Crippen LogP) is 4.54. The summed E-state index contributed by atoms with van der Waals surface area (Å²) in [6.07, 6.45) is 15.3. The van der Waals surface area contributed by atoms with Crippen molar-refractivity contribution in [2.75, 3.05) is 32.8 Å². The Morgan fingerprint density at radius 2 is 1.41 bits per heavy atom. The van der Waals surface area contributed by atoms with Crippen LogP contribution < -0.4 is 0 Å². The predicted molar refractivity (Wildman–Crippen MR) is 96.4 cm³/mol. The minimum atomic E-state index is 0.283. The molecule has 0 aromatic heterocycles. The molecule has 0 fully saturated rings. The van der Waals surface area contributed by atoms with Gasteiger partial charge in [-0.2, -0.15) is 0 Å². The van der Waals surface area contributed by atoms with Crippen molar-refractivity contribution in [2.45, 2.75) is 84.5 Å². The van der Waals surface area contributed by atoms with Gasteiger partial charge in [0.25, 0.3) is 0 Å². The topological polar surface area (TPSA) is 32.6 Å². The minimum Gasteiger partial charge on any atom is -0.390 e. The lowest BCUT2D eigenvalue weighted by Crippen LogP contribution is -2.52. The van der Waals surface area contributed by atoms with E-state index in [2.05, 4.69) is 18.8 Å². The molecule has 1 N–H and O–H groups in total. The van der Waals surface area contributed by atoms with Crippen LogP contribution in [0.25, 0.3) is 0 Å². The fourth-order valence-corrected chi connectivity index (χ4v) is 3.64. The normalized spacial score (nSPS) is 21.3. The van der Waals surface area contributed by atoms with E-state index < -0.39 is 0 Å². The second kappa shape index (κ2) is 12.1. The molecule has 1 atom stereocenters. The first-order chi connectivity index (χ1) is 10.7. The zero-order valence-electron chi connectivity index (χ0n) is 15.2. The summed E-state index contributed by atoms with van der Waals surface area (Å²) in [4.78, 5) is 4.56. The third-order valence-corrected chi connectivity index (χ3v) is 5.27. The summed E-state index contributed by atoms with van der Waals surface area (Å²) in [6.45, 7) is 8.78. The minimum absolute atomic E-state index is 0.283. The van der Waals surface area contributed by atoms with Gasteiger partial charge in [0, 0.05) is 6.92 Å². The average molecular weight is 312 g/mol. The van der Waals surface area contributed by atoms with Crippen LogP contribution in [0.1, 0.15) is 84.5 Å². The number of rotatable bonds is 14. The highest BCUT2D eigenvalue weighted by Crippen LogP contribution is 2.18. The highest BCUT2D eigenvalue weighted by molar-refractivity contribution is 5.73. The Kier molecular flexibility index (Phi) is 10.8. The molecular formula is C19H39N2O+. The van der Waals surface area contributed by atoms with Crippen LogP contribution in [0.4, 0.5) is 0 Å². The molecule has 1 unspecified atom stereocenters. The number of amidine groups is 1. The molecule has 0 saturated heterocycles. The second-order valence-electron chi connectivity index (χ2n) is 7.00. The number of aliphatic hydroxyl groups excluding tert-OH is 1. The number of unbranched alkanes of at least 4 members (excludes halogenated alkanes) is 10. The average Bonchev–Trinajstić information content (AvgIpc) is 2.86. The number of aliphatic hydroxyl groups is 1. The van der Waals surface area contributed by atoms with Gasteiger partial charge >= 0.3 is 0 Å². The molecule has 0 saturated carbocycles. The van der Waals surface area contributed by atoms with E-state index in [1.165, 1.54) is 83.0 Å². The summed E-state index contributed by atoms with van der Waals surface area (Å²) < 4.78 is 0.952. The van der Waals surface area contributed by atoms with E-state index in [1.807, 2.05) is 0 Å². The lowest BCUT2D eigenvalue weighted by atomic mass is 10.1. The Labute approximate surface area is 138 Å². The van der Waals surface area contributed by atoms with E-state index >= 15 is 0 Å². The van der Waals surface area contributed by atoms with Crippen molar-refractivity contribution in [1.82, 2.24) is 0 Å². The molecule has 22 heavy (non-hydrogen) atoms. The van der Waals surface area contributed by atoms with Crippen molar-refractivity contribution >= 4 is 5.84 Å². The summed E-state index contributed by atoms with van der Waals surface area (Å²) in [5, 5.41) is 9.32. The fourth-order valence-electron chi connectivity index (χ4n) is 3.64. The molecule has 0 aromatic rings. The maximum atomic E-state index is 9.32. The van der Waals surface area contributed by atoms with Crippen molar-refractivity contribution < 1.29 is 9.59 Å². The molecule has 1 aliphatic heterocycles. The van der Waals surface area contributed by atoms with Gasteiger partial charge in [0.1, 0.15) is 13.1 Å². The SMILES string of the molecule is CCCCCCCCCCCCC[N+]1(CCO)CCN=C1C. The van der Waals surface area contributed by atoms with Crippen LogP contribution in [0.5, 0.6) is 0 Å². The van der Waals surface area contributed by atoms with E-state index in [1.54, 1.807) is 0 Å². The Hall–Kier alpha value is -0.410. The van der Waals surface area contributed by atoms with Gasteiger partial charge in [-0.15, -0.1) is 0 Å². The van der Waals surface area contributed by atoms with Crippen LogP contribution in [-0.4, -0.2) is 48.2 Å². The molecule has 1 aliphatic rings. The molecule has 0 amide bonds. The van der Waals surface area contributed by atoms with Gasteiger partial charge in [0.2, 0.25) is 0 Å². The van der Waals surface area contributed by atoms with E-state index in [0.29, 0.717) is 0 Å². The molecule has 0 radical (unpaired) electrons. The molecule has 0 aliphatic carbocycles. The Bertz CT molecular complexity index is 304. The monoisotopic (exact) mass is 311 g/mol. The van der Waals surface area contributed by atoms with Crippen LogP contribution >= 0.6 is 0 Å². The van der Waals surface area contributed by atoms with Crippen molar-refractivity contribution in [1.29, 1.82) is 0 Å². The highest BCUT2D eigenvalue weighted by atomic mass is 16.3. The number of nitrogens with zero attached hydrogens (tertiary/aromatic N) is 2. The number of hydrogen-bond donors (Lipinski definition) is 1. The largest absolute Gasteiger partial charge is 0.390 e. The number of quaternary nitrogens is 1. The van der Waals surface area contributed by atoms with Gasteiger partial charge < -0.3 is 5.11 Å². The third-order valence-electron chi connectivity index (χ3n) is 5.27. The van der Waals surface area contributed by atoms with Crippen LogP contribution in [0, 0.1) is 0 Å². The molecular weight excluding hydrogens is 272 g/mol. The van der Waals surface area contributed by atoms with Gasteiger partial charge in [-0.25, -0.2) is 4.99 Å². The molecule has 3 nitrogen and oxygen atoms in total. The van der Waals surface area contributed by atoms with E-state index in [-0.39, 0.29) is 6.61 Å². The molecule has 0 aromatic carbocycles. The first-order valence-electron chi connectivity index (χ1n) is 9.74. The third kappa shape index (κ3) is 7.23. The Balaban J connectivity index is 1.97. The molecule has 0 bridgehead atoms. The van der Waals surface area contributed by atoms with Crippen LogP contribution in [0.2, 0.25) is 0 Å². The van der Waals surface area contributed by atoms with E-state index in [4.69, 9.17) is 0 Å². The Morgan fingerprint density at radius 3 is 1.86 bits per heavy atom. The highest BCUT2D eigenvalue weighted by Gasteiger charge is 2.33. The summed E-state index contributed by atoms with van der Waals surface area (Å²) >= 11 is 0. The molecule has 1 heterocycles. The first-order valence-corrected chi connectivity index (χ1v) is 9.74. The Morgan fingerprint density at radius 1 is 0.864 bits per heavy atom. The standard InChI is InChI=1S/C19H39N2O/c1-3-4-5-6-7-8-9-10-11-12-13-15-21(17-18-22)16-14-20-19(21)2/h22H,3-18H2,1-2H3/q+1. The van der Waals surface area contributed by atoms with Gasteiger partial charge in [-0.05, 0) is 12.8 Å². The lowest BCUT2D eigenvalue weighted by Gasteiger charge is -2.33. The number of aliphatic imine (C=N–C) groups is 1. The van der Waals surface area contributed by atoms with Crippen molar-refractivity contribution in [3.63, 3.8) is 0 Å². The zero-order chi connectivity index (χ0) is 16.1. The smallest absolute Gasteiger partial charge is 0.195 e. The molecule has 0 spiro atoms. The molecule has 1 rings (SSSR count). The fraction of sp³-hybridized carbons (Fsp3) is 0.947. The van der Waals surface area contributed by atoms with Crippen molar-refractivity contribution in [2.24, 2.45) is 4.99 Å². The van der Waals surface area contributed by atoms with Gasteiger partial charge in [-0.1, -0.05) is 64.7 Å². The maximum Gasteiger partial charge on any atom is 0.195 e. The van der Waals surface area contributed by atoms with E-state index in [9.17, 15) is 5.11 Å². The first kappa shape index (κ1) is 19.6. The van der Waals surface area contributed by atoms with E-state index in [0.717, 1.165) is 24.1 Å². The van der Waals surface area contributed by atoms with Crippen molar-refractivity contribution in [3.8, 4) is 0 Å². The van der Waals surface area contributed by atoms with Gasteiger partial charge in [-0.3, -0.25) is 4.48 Å². The molecule has 3 heteroatoms. The maximum absolute atomic E-state index is 9.32. The van der Waals surface area contributed by atoms with Gasteiger partial charge in [0.15, 0.2) is 5.84 Å². The second-order valence-corrected chi connectivity index (χ2v) is 7.00. The lowest BCUT2D eigenvalue weighted by molar-refractivity contribution is -0.836. The summed E-state index contributed by atoms with van der Waals surface area (Å²) in [6, 6.07) is 0. The number of hydrogen-bond acceptors (Lipinski definition) is 2. The summed E-state index contributed by atoms with van der Waals surface area (Å²) in [5.74, 6) is 1.24. The van der Waals surface area contributed by atoms with Crippen molar-refractivity contribution in [3.05, 3.63) is 0 Å².